The van der Waals surface area contributed by atoms with Crippen LogP contribution in [0.2, 0.25) is 0 Å². The Morgan fingerprint density at radius 3 is 2.35 bits per heavy atom. The van der Waals surface area contributed by atoms with Crippen LogP contribution < -0.4 is 9.80 Å². The lowest BCUT2D eigenvalue weighted by Crippen LogP contribution is -2.47. The van der Waals surface area contributed by atoms with Gasteiger partial charge in [-0.2, -0.15) is 0 Å². The second-order valence-corrected chi connectivity index (χ2v) is 10.1. The number of nitrogens with zero attached hydrogens (tertiary/aromatic N) is 4. The van der Waals surface area contributed by atoms with E-state index in [1.807, 2.05) is 79.5 Å². The molecule has 3 aromatic rings. The van der Waals surface area contributed by atoms with Gasteiger partial charge in [0.1, 0.15) is 5.41 Å². The molecule has 0 bridgehead atoms. The molecule has 37 heavy (non-hydrogen) atoms. The second kappa shape index (κ2) is 10.5. The Hall–Kier alpha value is -4.00. The van der Waals surface area contributed by atoms with E-state index in [9.17, 15) is 14.4 Å². The predicted octanol–water partition coefficient (Wildman–Crippen LogP) is 4.63. The minimum atomic E-state index is -1.17. The maximum absolute atomic E-state index is 13.6. The fourth-order valence-electron chi connectivity index (χ4n) is 4.71. The number of anilines is 2. The van der Waals surface area contributed by atoms with Crippen molar-refractivity contribution in [2.75, 3.05) is 29.9 Å². The normalized spacial score (nSPS) is 14.8. The Balaban J connectivity index is 1.68. The quantitative estimate of drug-likeness (QED) is 0.445. The summed E-state index contributed by atoms with van der Waals surface area (Å²) in [6, 6.07) is 17.2. The van der Waals surface area contributed by atoms with Gasteiger partial charge in [-0.3, -0.25) is 19.4 Å². The van der Waals surface area contributed by atoms with Crippen LogP contribution in [0.4, 0.5) is 11.4 Å². The number of amides is 3. The molecule has 0 saturated carbocycles. The first-order valence-corrected chi connectivity index (χ1v) is 12.6. The molecule has 7 nitrogen and oxygen atoms in total. The number of rotatable bonds is 7. The Bertz CT molecular complexity index is 1300. The van der Waals surface area contributed by atoms with Gasteiger partial charge in [-0.1, -0.05) is 29.8 Å². The topological polar surface area (TPSA) is 73.8 Å². The highest BCUT2D eigenvalue weighted by Gasteiger charge is 2.45. The zero-order valence-electron chi connectivity index (χ0n) is 22.2. The maximum Gasteiger partial charge on any atom is 0.254 e. The van der Waals surface area contributed by atoms with Crippen molar-refractivity contribution >= 4 is 29.1 Å². The van der Waals surface area contributed by atoms with Crippen molar-refractivity contribution in [2.45, 2.75) is 40.7 Å². The Morgan fingerprint density at radius 2 is 1.70 bits per heavy atom. The van der Waals surface area contributed by atoms with Gasteiger partial charge in [0.15, 0.2) is 0 Å². The summed E-state index contributed by atoms with van der Waals surface area (Å²) >= 11 is 0. The zero-order valence-corrected chi connectivity index (χ0v) is 22.2. The molecular formula is C30H34N4O3. The highest BCUT2D eigenvalue weighted by Crippen LogP contribution is 2.39. The van der Waals surface area contributed by atoms with Crippen molar-refractivity contribution in [1.29, 1.82) is 0 Å². The summed E-state index contributed by atoms with van der Waals surface area (Å²) in [5, 5.41) is 0. The van der Waals surface area contributed by atoms with E-state index in [0.29, 0.717) is 43.0 Å². The van der Waals surface area contributed by atoms with Crippen molar-refractivity contribution in [2.24, 2.45) is 5.41 Å². The fourth-order valence-corrected chi connectivity index (χ4v) is 4.71. The SMILES string of the molecule is CCN1C(=O)C(C)(C)C(=O)N(C)c2cc(CN(CCc3cccnc3)C(=O)c3ccc(C)cc3)ccc21. The number of hydrogen-bond donors (Lipinski definition) is 0. The van der Waals surface area contributed by atoms with Crippen LogP contribution in [0.3, 0.4) is 0 Å². The molecule has 0 aliphatic carbocycles. The van der Waals surface area contributed by atoms with Crippen LogP contribution in [-0.2, 0) is 22.6 Å². The molecule has 0 spiro atoms. The highest BCUT2D eigenvalue weighted by atomic mass is 16.2. The van der Waals surface area contributed by atoms with E-state index in [0.717, 1.165) is 16.7 Å². The van der Waals surface area contributed by atoms with Crippen molar-refractivity contribution in [3.8, 4) is 0 Å². The van der Waals surface area contributed by atoms with Crippen molar-refractivity contribution in [3.63, 3.8) is 0 Å². The average molecular weight is 499 g/mol. The number of carbonyl (C=O) groups excluding carboxylic acids is 3. The zero-order chi connectivity index (χ0) is 26.7. The lowest BCUT2D eigenvalue weighted by molar-refractivity contribution is -0.137. The van der Waals surface area contributed by atoms with E-state index in [-0.39, 0.29) is 17.7 Å². The van der Waals surface area contributed by atoms with Crippen LogP contribution >= 0.6 is 0 Å². The molecule has 0 N–H and O–H groups in total. The third-order valence-corrected chi connectivity index (χ3v) is 6.98. The molecule has 0 atom stereocenters. The smallest absolute Gasteiger partial charge is 0.254 e. The molecule has 2 heterocycles. The standard InChI is InChI=1S/C30H34N4O3/c1-6-34-25-14-11-23(18-26(25)32(5)28(36)30(3,4)29(34)37)20-33(17-15-22-8-7-16-31-19-22)27(35)24-12-9-21(2)10-13-24/h7-14,16,18-19H,6,15,17,20H2,1-5H3. The monoisotopic (exact) mass is 498 g/mol. The molecule has 1 aliphatic rings. The molecule has 3 amide bonds. The summed E-state index contributed by atoms with van der Waals surface area (Å²) in [4.78, 5) is 49.2. The first-order valence-electron chi connectivity index (χ1n) is 12.6. The highest BCUT2D eigenvalue weighted by molar-refractivity contribution is 6.19. The van der Waals surface area contributed by atoms with E-state index in [2.05, 4.69) is 4.98 Å². The van der Waals surface area contributed by atoms with Crippen molar-refractivity contribution in [1.82, 2.24) is 9.88 Å². The molecule has 0 fully saturated rings. The van der Waals surface area contributed by atoms with Gasteiger partial charge < -0.3 is 14.7 Å². The number of pyridine rings is 1. The predicted molar refractivity (Wildman–Crippen MR) is 146 cm³/mol. The van der Waals surface area contributed by atoms with Gasteiger partial charge in [0, 0.05) is 44.6 Å². The Kier molecular flexibility index (Phi) is 7.43. The van der Waals surface area contributed by atoms with Crippen LogP contribution in [0, 0.1) is 12.3 Å². The number of aromatic nitrogens is 1. The molecule has 0 unspecified atom stereocenters. The van der Waals surface area contributed by atoms with E-state index in [1.165, 1.54) is 0 Å². The number of aryl methyl sites for hydroxylation is 1. The Labute approximate surface area is 218 Å². The van der Waals surface area contributed by atoms with Crippen LogP contribution in [0.15, 0.2) is 67.0 Å². The van der Waals surface area contributed by atoms with Gasteiger partial charge in [-0.25, -0.2) is 0 Å². The first-order chi connectivity index (χ1) is 17.6. The Morgan fingerprint density at radius 1 is 0.973 bits per heavy atom. The van der Waals surface area contributed by atoms with Gasteiger partial charge >= 0.3 is 0 Å². The largest absolute Gasteiger partial charge is 0.334 e. The molecule has 0 saturated heterocycles. The number of carbonyl (C=O) groups is 3. The van der Waals surface area contributed by atoms with Gasteiger partial charge in [0.25, 0.3) is 5.91 Å². The fraction of sp³-hybridized carbons (Fsp3) is 0.333. The molecule has 1 aliphatic heterocycles. The van der Waals surface area contributed by atoms with Crippen molar-refractivity contribution in [3.05, 3.63) is 89.2 Å². The molecule has 1 aromatic heterocycles. The van der Waals surface area contributed by atoms with Crippen LogP contribution in [0.5, 0.6) is 0 Å². The first kappa shape index (κ1) is 26.1. The summed E-state index contributed by atoms with van der Waals surface area (Å²) in [5.41, 5.74) is 3.85. The van der Waals surface area contributed by atoms with E-state index in [4.69, 9.17) is 0 Å². The third kappa shape index (κ3) is 5.26. The summed E-state index contributed by atoms with van der Waals surface area (Å²) < 4.78 is 0. The van der Waals surface area contributed by atoms with Crippen LogP contribution in [-0.4, -0.2) is 47.7 Å². The van der Waals surface area contributed by atoms with E-state index in [1.54, 1.807) is 36.9 Å². The van der Waals surface area contributed by atoms with Gasteiger partial charge in [-0.05, 0) is 75.6 Å². The summed E-state index contributed by atoms with van der Waals surface area (Å²) in [6.45, 7) is 8.57. The molecule has 4 rings (SSSR count). The lowest BCUT2D eigenvalue weighted by atomic mass is 9.90. The molecular weight excluding hydrogens is 464 g/mol. The molecule has 2 aromatic carbocycles. The number of hydrogen-bond acceptors (Lipinski definition) is 4. The molecule has 192 valence electrons. The van der Waals surface area contributed by atoms with Crippen LogP contribution in [0.1, 0.15) is 47.8 Å². The summed E-state index contributed by atoms with van der Waals surface area (Å²) in [6.07, 6.45) is 4.22. The van der Waals surface area contributed by atoms with Crippen molar-refractivity contribution < 1.29 is 14.4 Å². The average Bonchev–Trinajstić information content (AvgIpc) is 2.95. The van der Waals surface area contributed by atoms with Gasteiger partial charge in [0.05, 0.1) is 11.4 Å². The van der Waals surface area contributed by atoms with Gasteiger partial charge in [-0.15, -0.1) is 0 Å². The minimum absolute atomic E-state index is 0.0604. The molecule has 0 radical (unpaired) electrons. The lowest BCUT2D eigenvalue weighted by Gasteiger charge is -2.27. The van der Waals surface area contributed by atoms with E-state index >= 15 is 0 Å². The molecule has 7 heteroatoms. The van der Waals surface area contributed by atoms with E-state index < -0.39 is 5.41 Å². The van der Waals surface area contributed by atoms with Gasteiger partial charge in [0.2, 0.25) is 11.8 Å². The van der Waals surface area contributed by atoms with Crippen LogP contribution in [0.25, 0.3) is 0 Å². The number of fused-ring (bicyclic) bond motifs is 1. The second-order valence-electron chi connectivity index (χ2n) is 10.1. The number of benzene rings is 2. The summed E-state index contributed by atoms with van der Waals surface area (Å²) in [7, 11) is 1.71. The maximum atomic E-state index is 13.6. The summed E-state index contributed by atoms with van der Waals surface area (Å²) in [5.74, 6) is -0.531. The third-order valence-electron chi connectivity index (χ3n) is 6.98. The minimum Gasteiger partial charge on any atom is -0.334 e.